The summed E-state index contributed by atoms with van der Waals surface area (Å²) in [5.74, 6) is 0. The fraction of sp³-hybridized carbons (Fsp3) is 0.538. The van der Waals surface area contributed by atoms with Gasteiger partial charge in [0.2, 0.25) is 10.0 Å². The van der Waals surface area contributed by atoms with Crippen molar-refractivity contribution in [2.24, 2.45) is 5.73 Å². The Morgan fingerprint density at radius 2 is 2.05 bits per heavy atom. The van der Waals surface area contributed by atoms with E-state index in [0.29, 0.717) is 22.5 Å². The number of nitrogens with zero attached hydrogens (tertiary/aromatic N) is 2. The molecule has 1 aliphatic heterocycles. The van der Waals surface area contributed by atoms with E-state index in [1.165, 1.54) is 4.31 Å². The van der Waals surface area contributed by atoms with E-state index in [1.54, 1.807) is 12.1 Å². The van der Waals surface area contributed by atoms with Crippen molar-refractivity contribution in [3.63, 3.8) is 0 Å². The molecule has 1 heterocycles. The van der Waals surface area contributed by atoms with Crippen molar-refractivity contribution < 1.29 is 8.42 Å². The smallest absolute Gasteiger partial charge is 0.244 e. The summed E-state index contributed by atoms with van der Waals surface area (Å²) in [5.41, 5.74) is 6.74. The first-order valence-corrected chi connectivity index (χ1v) is 8.78. The van der Waals surface area contributed by atoms with E-state index < -0.39 is 10.0 Å². The van der Waals surface area contributed by atoms with Crippen molar-refractivity contribution in [3.05, 3.63) is 22.7 Å². The fourth-order valence-electron chi connectivity index (χ4n) is 2.30. The van der Waals surface area contributed by atoms with Crippen LogP contribution in [0.2, 0.25) is 0 Å². The Bertz CT molecular complexity index is 595. The maximum absolute atomic E-state index is 12.8. The highest BCUT2D eigenvalue weighted by molar-refractivity contribution is 9.10. The molecular weight excluding hydrogens is 378 g/mol. The number of nitrogens with two attached hydrogens (primary N) is 1. The molecule has 21 heavy (non-hydrogen) atoms. The van der Waals surface area contributed by atoms with Gasteiger partial charge in [-0.2, -0.15) is 4.31 Å². The van der Waals surface area contributed by atoms with Crippen molar-refractivity contribution in [1.29, 1.82) is 0 Å². The van der Waals surface area contributed by atoms with Crippen LogP contribution in [0, 0.1) is 0 Å². The molecule has 0 radical (unpaired) electrons. The Hall–Kier alpha value is -0.340. The molecule has 0 amide bonds. The zero-order chi connectivity index (χ0) is 14.9. The highest BCUT2D eigenvalue weighted by Gasteiger charge is 2.30. The Kier molecular flexibility index (Phi) is 6.49. The molecule has 0 aliphatic carbocycles. The molecule has 0 aromatic heterocycles. The average molecular weight is 399 g/mol. The second kappa shape index (κ2) is 7.28. The molecule has 1 atom stereocenters. The van der Waals surface area contributed by atoms with Gasteiger partial charge in [0.25, 0.3) is 0 Å². The normalized spacial score (nSPS) is 19.9. The van der Waals surface area contributed by atoms with Gasteiger partial charge in [0.05, 0.1) is 4.90 Å². The molecule has 1 aromatic rings. The van der Waals surface area contributed by atoms with Gasteiger partial charge >= 0.3 is 0 Å². The summed E-state index contributed by atoms with van der Waals surface area (Å²) in [6.45, 7) is 0.926. The molecule has 1 aromatic carbocycles. The minimum absolute atomic E-state index is 0. The van der Waals surface area contributed by atoms with Crippen molar-refractivity contribution in [3.8, 4) is 0 Å². The minimum Gasteiger partial charge on any atom is -0.378 e. The van der Waals surface area contributed by atoms with Crippen molar-refractivity contribution in [2.45, 2.75) is 23.8 Å². The van der Waals surface area contributed by atoms with Crippen LogP contribution in [0.5, 0.6) is 0 Å². The maximum Gasteiger partial charge on any atom is 0.244 e. The molecule has 2 rings (SSSR count). The molecule has 2 N–H and O–H groups in total. The van der Waals surface area contributed by atoms with Gasteiger partial charge in [-0.05, 0) is 47.0 Å². The number of hydrogen-bond donors (Lipinski definition) is 1. The zero-order valence-electron chi connectivity index (χ0n) is 12.1. The molecule has 1 fully saturated rings. The SMILES string of the molecule is CN(C)c1ccc(Br)c(S(=O)(=O)N2CCCC(N)C2)c1.Cl. The van der Waals surface area contributed by atoms with Gasteiger partial charge in [0, 0.05) is 43.4 Å². The van der Waals surface area contributed by atoms with Crippen LogP contribution in [-0.2, 0) is 10.0 Å². The Morgan fingerprint density at radius 3 is 2.62 bits per heavy atom. The first-order valence-electron chi connectivity index (χ1n) is 6.55. The van der Waals surface area contributed by atoms with Gasteiger partial charge in [-0.3, -0.25) is 0 Å². The minimum atomic E-state index is -3.50. The van der Waals surface area contributed by atoms with E-state index >= 15 is 0 Å². The largest absolute Gasteiger partial charge is 0.378 e. The summed E-state index contributed by atoms with van der Waals surface area (Å²) >= 11 is 3.34. The lowest BCUT2D eigenvalue weighted by molar-refractivity contribution is 0.316. The van der Waals surface area contributed by atoms with Crippen LogP contribution in [0.15, 0.2) is 27.6 Å². The van der Waals surface area contributed by atoms with Gasteiger partial charge in [0.15, 0.2) is 0 Å². The molecular formula is C13H21BrClN3O2S. The van der Waals surface area contributed by atoms with Gasteiger partial charge in [-0.25, -0.2) is 8.42 Å². The molecule has 0 saturated carbocycles. The van der Waals surface area contributed by atoms with Crippen LogP contribution >= 0.6 is 28.3 Å². The van der Waals surface area contributed by atoms with E-state index in [2.05, 4.69) is 15.9 Å². The highest BCUT2D eigenvalue weighted by Crippen LogP contribution is 2.30. The third kappa shape index (κ3) is 4.10. The van der Waals surface area contributed by atoms with Crippen molar-refractivity contribution in [1.82, 2.24) is 4.31 Å². The monoisotopic (exact) mass is 397 g/mol. The molecule has 0 spiro atoms. The number of sulfonamides is 1. The second-order valence-electron chi connectivity index (χ2n) is 5.27. The topological polar surface area (TPSA) is 66.6 Å². The lowest BCUT2D eigenvalue weighted by Crippen LogP contribution is -2.45. The summed E-state index contributed by atoms with van der Waals surface area (Å²) in [7, 11) is 0.269. The number of piperidine rings is 1. The summed E-state index contributed by atoms with van der Waals surface area (Å²) in [5, 5.41) is 0. The lowest BCUT2D eigenvalue weighted by atomic mass is 10.1. The molecule has 1 unspecified atom stereocenters. The van der Waals surface area contributed by atoms with Crippen LogP contribution in [0.3, 0.4) is 0 Å². The average Bonchev–Trinajstić information content (AvgIpc) is 2.38. The Morgan fingerprint density at radius 1 is 1.38 bits per heavy atom. The first kappa shape index (κ1) is 18.7. The highest BCUT2D eigenvalue weighted by atomic mass is 79.9. The number of hydrogen-bond acceptors (Lipinski definition) is 4. The third-order valence-corrected chi connectivity index (χ3v) is 6.33. The molecule has 8 heteroatoms. The summed E-state index contributed by atoms with van der Waals surface area (Å²) in [4.78, 5) is 2.19. The predicted molar refractivity (Wildman–Crippen MR) is 91.7 cm³/mol. The van der Waals surface area contributed by atoms with E-state index in [4.69, 9.17) is 5.73 Å². The van der Waals surface area contributed by atoms with E-state index in [9.17, 15) is 8.42 Å². The molecule has 120 valence electrons. The lowest BCUT2D eigenvalue weighted by Gasteiger charge is -2.30. The van der Waals surface area contributed by atoms with Gasteiger partial charge < -0.3 is 10.6 Å². The Labute approximate surface area is 141 Å². The molecule has 1 aliphatic rings. The summed E-state index contributed by atoms with van der Waals surface area (Å²) < 4.78 is 27.6. The second-order valence-corrected chi connectivity index (χ2v) is 8.04. The summed E-state index contributed by atoms with van der Waals surface area (Å²) in [6.07, 6.45) is 1.69. The van der Waals surface area contributed by atoms with Gasteiger partial charge in [-0.15, -0.1) is 12.4 Å². The third-order valence-electron chi connectivity index (χ3n) is 3.47. The van der Waals surface area contributed by atoms with Crippen molar-refractivity contribution in [2.75, 3.05) is 32.1 Å². The first-order chi connectivity index (χ1) is 9.32. The standard InChI is InChI=1S/C13H20BrN3O2S.ClH/c1-16(2)11-5-6-12(14)13(8-11)20(18,19)17-7-3-4-10(15)9-17;/h5-6,8,10H,3-4,7,9,15H2,1-2H3;1H. The van der Waals surface area contributed by atoms with Crippen LogP contribution in [0.1, 0.15) is 12.8 Å². The van der Waals surface area contributed by atoms with Crippen LogP contribution < -0.4 is 10.6 Å². The van der Waals surface area contributed by atoms with Crippen LogP contribution in [0.4, 0.5) is 5.69 Å². The fourth-order valence-corrected chi connectivity index (χ4v) is 4.78. The zero-order valence-corrected chi connectivity index (χ0v) is 15.3. The van der Waals surface area contributed by atoms with Gasteiger partial charge in [-0.1, -0.05) is 0 Å². The molecule has 5 nitrogen and oxygen atoms in total. The van der Waals surface area contributed by atoms with E-state index in [0.717, 1.165) is 18.5 Å². The Balaban J connectivity index is 0.00000220. The number of halogens is 2. The maximum atomic E-state index is 12.8. The van der Waals surface area contributed by atoms with E-state index in [-0.39, 0.29) is 18.4 Å². The summed E-state index contributed by atoms with van der Waals surface area (Å²) in [6, 6.07) is 5.27. The van der Waals surface area contributed by atoms with Crippen molar-refractivity contribution >= 4 is 44.0 Å². The van der Waals surface area contributed by atoms with Gasteiger partial charge in [0.1, 0.15) is 0 Å². The molecule has 1 saturated heterocycles. The predicted octanol–water partition coefficient (Wildman–Crippen LogP) is 2.05. The number of anilines is 1. The number of rotatable bonds is 3. The van der Waals surface area contributed by atoms with Crippen LogP contribution in [-0.4, -0.2) is 45.9 Å². The quantitative estimate of drug-likeness (QED) is 0.846. The van der Waals surface area contributed by atoms with Crippen LogP contribution in [0.25, 0.3) is 0 Å². The number of benzene rings is 1. The van der Waals surface area contributed by atoms with E-state index in [1.807, 2.05) is 25.1 Å². The molecule has 0 bridgehead atoms.